The average molecular weight is 369 g/mol. The maximum absolute atomic E-state index is 9.00. The molecule has 2 fully saturated rings. The smallest absolute Gasteiger partial charge is 0.137 e. The van der Waals surface area contributed by atoms with Crippen LogP contribution in [-0.4, -0.2) is 53.5 Å². The normalized spacial score (nSPS) is 20.4. The Morgan fingerprint density at radius 1 is 1.26 bits per heavy atom. The van der Waals surface area contributed by atoms with Gasteiger partial charge in [-0.25, -0.2) is 9.97 Å². The molecule has 1 atom stereocenters. The second-order valence-corrected chi connectivity index (χ2v) is 6.92. The number of hydrogen-bond donors (Lipinski definition) is 3. The maximum atomic E-state index is 9.00. The predicted octanol–water partition coefficient (Wildman–Crippen LogP) is 2.21. The number of nitrogens with zero attached hydrogens (tertiary/aromatic N) is 3. The van der Waals surface area contributed by atoms with Gasteiger partial charge in [0.15, 0.2) is 0 Å². The van der Waals surface area contributed by atoms with Crippen molar-refractivity contribution in [3.05, 3.63) is 30.1 Å². The maximum Gasteiger partial charge on any atom is 0.137 e. The molecule has 1 aromatic heterocycles. The number of ether oxygens (including phenoxy) is 1. The van der Waals surface area contributed by atoms with E-state index in [-0.39, 0.29) is 12.7 Å². The Bertz CT molecular complexity index is 765. The zero-order valence-corrected chi connectivity index (χ0v) is 15.5. The predicted molar refractivity (Wildman–Crippen MR) is 104 cm³/mol. The minimum Gasteiger partial charge on any atom is -0.394 e. The molecule has 27 heavy (non-hydrogen) atoms. The van der Waals surface area contributed by atoms with E-state index < -0.39 is 0 Å². The zero-order valence-electron chi connectivity index (χ0n) is 15.5. The highest BCUT2D eigenvalue weighted by Crippen LogP contribution is 2.25. The van der Waals surface area contributed by atoms with E-state index in [1.165, 1.54) is 32.1 Å². The number of rotatable bonds is 3. The third kappa shape index (κ3) is 5.60. The fraction of sp³-hybridized carbons (Fsp3) is 0.550. The van der Waals surface area contributed by atoms with E-state index in [0.717, 1.165) is 36.4 Å². The van der Waals surface area contributed by atoms with E-state index in [2.05, 4.69) is 26.7 Å². The number of hydrogen-bond acceptors (Lipinski definition) is 7. The van der Waals surface area contributed by atoms with Gasteiger partial charge >= 0.3 is 0 Å². The van der Waals surface area contributed by atoms with Crippen LogP contribution in [-0.2, 0) is 4.74 Å². The van der Waals surface area contributed by atoms with E-state index in [0.29, 0.717) is 11.6 Å². The Labute approximate surface area is 159 Å². The van der Waals surface area contributed by atoms with Crippen LogP contribution in [0.25, 0.3) is 10.9 Å². The Morgan fingerprint density at radius 2 is 2.11 bits per heavy atom. The zero-order chi connectivity index (χ0) is 18.9. The van der Waals surface area contributed by atoms with Gasteiger partial charge in [0.1, 0.15) is 12.1 Å². The lowest BCUT2D eigenvalue weighted by Gasteiger charge is -2.23. The van der Waals surface area contributed by atoms with E-state index >= 15 is 0 Å². The number of aliphatic hydroxyl groups excluding tert-OH is 1. The first kappa shape index (κ1) is 19.5. The van der Waals surface area contributed by atoms with Crippen LogP contribution in [0.1, 0.15) is 37.7 Å². The average Bonchev–Trinajstić information content (AvgIpc) is 2.75. The summed E-state index contributed by atoms with van der Waals surface area (Å²) in [6.45, 7) is 2.56. The molecular formula is C20H27N5O2. The summed E-state index contributed by atoms with van der Waals surface area (Å²) in [7, 11) is 0. The lowest BCUT2D eigenvalue weighted by Crippen LogP contribution is -2.40. The van der Waals surface area contributed by atoms with Gasteiger partial charge in [-0.3, -0.25) is 0 Å². The number of fused-ring (bicyclic) bond motifs is 1. The molecule has 1 saturated heterocycles. The third-order valence-corrected chi connectivity index (χ3v) is 4.92. The van der Waals surface area contributed by atoms with Crippen LogP contribution in [0.4, 0.5) is 5.82 Å². The van der Waals surface area contributed by atoms with Gasteiger partial charge in [0, 0.05) is 24.5 Å². The van der Waals surface area contributed by atoms with Crippen molar-refractivity contribution in [3.8, 4) is 6.07 Å². The van der Waals surface area contributed by atoms with Crippen molar-refractivity contribution >= 4 is 16.7 Å². The van der Waals surface area contributed by atoms with Crippen LogP contribution < -0.4 is 10.6 Å². The highest BCUT2D eigenvalue weighted by atomic mass is 16.5. The molecule has 0 bridgehead atoms. The molecule has 1 aliphatic carbocycles. The Hall–Kier alpha value is -2.27. The molecule has 3 N–H and O–H groups in total. The lowest BCUT2D eigenvalue weighted by molar-refractivity contribution is -0.00618. The molecule has 7 heteroatoms. The van der Waals surface area contributed by atoms with Crippen LogP contribution >= 0.6 is 0 Å². The molecule has 1 unspecified atom stereocenters. The van der Waals surface area contributed by atoms with Crippen molar-refractivity contribution in [1.82, 2.24) is 15.3 Å². The summed E-state index contributed by atoms with van der Waals surface area (Å²) in [5.74, 6) is 0.856. The van der Waals surface area contributed by atoms with Crippen LogP contribution in [0.2, 0.25) is 0 Å². The van der Waals surface area contributed by atoms with Crippen molar-refractivity contribution in [2.75, 3.05) is 31.6 Å². The highest BCUT2D eigenvalue weighted by Gasteiger charge is 2.15. The van der Waals surface area contributed by atoms with Gasteiger partial charge in [-0.1, -0.05) is 19.3 Å². The molecule has 1 aliphatic heterocycles. The molecule has 2 aliphatic rings. The first-order valence-electron chi connectivity index (χ1n) is 9.64. The first-order valence-corrected chi connectivity index (χ1v) is 9.64. The minimum absolute atomic E-state index is 0.0312. The molecule has 2 aromatic rings. The summed E-state index contributed by atoms with van der Waals surface area (Å²) >= 11 is 0. The third-order valence-electron chi connectivity index (χ3n) is 4.92. The number of anilines is 1. The van der Waals surface area contributed by atoms with E-state index in [1.54, 1.807) is 12.4 Å². The molecule has 0 radical (unpaired) electrons. The van der Waals surface area contributed by atoms with Crippen LogP contribution in [0.5, 0.6) is 0 Å². The van der Waals surface area contributed by atoms with Gasteiger partial charge in [0.2, 0.25) is 0 Å². The highest BCUT2D eigenvalue weighted by molar-refractivity contribution is 5.89. The molecule has 7 nitrogen and oxygen atoms in total. The van der Waals surface area contributed by atoms with Gasteiger partial charge < -0.3 is 20.5 Å². The Morgan fingerprint density at radius 3 is 2.78 bits per heavy atom. The molecular weight excluding hydrogens is 342 g/mol. The molecule has 4 rings (SSSR count). The molecule has 0 spiro atoms. The number of aliphatic hydroxyl groups is 1. The summed E-state index contributed by atoms with van der Waals surface area (Å²) < 4.78 is 5.11. The van der Waals surface area contributed by atoms with E-state index in [4.69, 9.17) is 15.1 Å². The van der Waals surface area contributed by atoms with Gasteiger partial charge in [-0.05, 0) is 31.0 Å². The standard InChI is InChI=1S/C15H16N4.C5H11NO2/c16-9-11-6-7-14-13(8-11)15(18-10-17-14)19-12-4-2-1-3-5-12;7-4-5-3-6-1-2-8-5/h6-8,10,12H,1-5H2,(H,17,18,19);5-7H,1-4H2. The SMILES string of the molecule is N#Cc1ccc2ncnc(NC3CCCCC3)c2c1.OCC1CNCCO1. The number of aromatic nitrogens is 2. The number of nitrogens with one attached hydrogen (secondary N) is 2. The lowest BCUT2D eigenvalue weighted by atomic mass is 9.95. The second-order valence-electron chi connectivity index (χ2n) is 6.92. The van der Waals surface area contributed by atoms with E-state index in [1.807, 2.05) is 12.1 Å². The minimum atomic E-state index is 0.0312. The fourth-order valence-electron chi connectivity index (χ4n) is 3.42. The van der Waals surface area contributed by atoms with Gasteiger partial charge in [0.25, 0.3) is 0 Å². The largest absolute Gasteiger partial charge is 0.394 e. The quantitative estimate of drug-likeness (QED) is 0.762. The molecule has 1 saturated carbocycles. The van der Waals surface area contributed by atoms with Crippen LogP contribution in [0.15, 0.2) is 24.5 Å². The van der Waals surface area contributed by atoms with Gasteiger partial charge in [-0.15, -0.1) is 0 Å². The first-order chi connectivity index (χ1) is 13.3. The molecule has 2 heterocycles. The molecule has 1 aromatic carbocycles. The monoisotopic (exact) mass is 369 g/mol. The van der Waals surface area contributed by atoms with Crippen molar-refractivity contribution < 1.29 is 9.84 Å². The number of nitriles is 1. The Balaban J connectivity index is 0.000000221. The van der Waals surface area contributed by atoms with Crippen molar-refractivity contribution in [1.29, 1.82) is 5.26 Å². The molecule has 144 valence electrons. The summed E-state index contributed by atoms with van der Waals surface area (Å²) in [6.07, 6.45) is 7.91. The van der Waals surface area contributed by atoms with Crippen molar-refractivity contribution in [3.63, 3.8) is 0 Å². The van der Waals surface area contributed by atoms with Crippen molar-refractivity contribution in [2.45, 2.75) is 44.2 Å². The van der Waals surface area contributed by atoms with E-state index in [9.17, 15) is 0 Å². The summed E-state index contributed by atoms with van der Waals surface area (Å²) in [5, 5.41) is 25.1. The van der Waals surface area contributed by atoms with Crippen LogP contribution in [0.3, 0.4) is 0 Å². The molecule has 0 amide bonds. The Kier molecular flexibility index (Phi) is 7.34. The second kappa shape index (κ2) is 10.2. The van der Waals surface area contributed by atoms with Gasteiger partial charge in [0.05, 0.1) is 36.5 Å². The van der Waals surface area contributed by atoms with Gasteiger partial charge in [-0.2, -0.15) is 5.26 Å². The topological polar surface area (TPSA) is 103 Å². The fourth-order valence-corrected chi connectivity index (χ4v) is 3.42. The van der Waals surface area contributed by atoms with Crippen LogP contribution in [0, 0.1) is 11.3 Å². The number of morpholine rings is 1. The number of benzene rings is 1. The summed E-state index contributed by atoms with van der Waals surface area (Å²) in [5.41, 5.74) is 1.53. The summed E-state index contributed by atoms with van der Waals surface area (Å²) in [4.78, 5) is 8.59. The summed E-state index contributed by atoms with van der Waals surface area (Å²) in [6, 6.07) is 8.19. The van der Waals surface area contributed by atoms with Crippen molar-refractivity contribution in [2.24, 2.45) is 0 Å².